The summed E-state index contributed by atoms with van der Waals surface area (Å²) in [5.74, 6) is -0.765. The number of nitrogens with zero attached hydrogens (tertiary/aromatic N) is 10. The minimum Gasteiger partial charge on any atom is -0.497 e. The SMILES string of the molecule is COc1ccc(CN(Cc2ccc(OC)cc2)S(=O)(=O)c2cnn(C(C)(C)CO)c2)cc1.COc1ccc(CN(Cc2ccc(OC)cc2)S(=O)(=O)c2cnn(C(C)(C)COc3cc(-c4cc(C#N)c(F)c(C(C)C)c4CC(=O)OC(C)(C)C)ccn3)c2)cc1.[C-]#[N+]c1cc(-c2ccnc(F)c2)c(CC(=O)OC(C)(C)C)c(C(C)C)c1F. The molecule has 0 amide bonds. The van der Waals surface area contributed by atoms with Crippen LogP contribution in [0, 0.1) is 35.5 Å². The van der Waals surface area contributed by atoms with Crippen molar-refractivity contribution < 1.29 is 77.9 Å². The van der Waals surface area contributed by atoms with Crippen LogP contribution < -0.4 is 23.7 Å². The number of sulfonamides is 2. The van der Waals surface area contributed by atoms with Crippen LogP contribution in [0.5, 0.6) is 28.9 Å². The van der Waals surface area contributed by atoms with Gasteiger partial charge in [0.15, 0.2) is 0 Å². The van der Waals surface area contributed by atoms with Crippen molar-refractivity contribution in [2.45, 2.75) is 180 Å². The fraction of sp³-hybridized carbons (Fsp3) is 0.364. The van der Waals surface area contributed by atoms with Crippen molar-refractivity contribution >= 4 is 37.7 Å². The van der Waals surface area contributed by atoms with E-state index < -0.39 is 71.8 Å². The fourth-order valence-corrected chi connectivity index (χ4v) is 15.1. The van der Waals surface area contributed by atoms with Gasteiger partial charge >= 0.3 is 11.9 Å². The molecule has 10 aromatic rings. The quantitative estimate of drug-likeness (QED) is 0.0249. The number of aromatic nitrogens is 6. The van der Waals surface area contributed by atoms with Gasteiger partial charge in [-0.2, -0.15) is 28.5 Å². The number of aliphatic hydroxyl groups excluding tert-OH is 1. The van der Waals surface area contributed by atoms with E-state index in [9.17, 15) is 45.6 Å². The van der Waals surface area contributed by atoms with Gasteiger partial charge in [0.2, 0.25) is 37.6 Å². The summed E-state index contributed by atoms with van der Waals surface area (Å²) >= 11 is 0. The zero-order valence-corrected chi connectivity index (χ0v) is 70.8. The molecule has 0 spiro atoms. The number of hydrogen-bond donors (Lipinski definition) is 1. The predicted molar refractivity (Wildman–Crippen MR) is 438 cm³/mol. The second-order valence-corrected chi connectivity index (χ2v) is 35.3. The molecule has 6 aromatic carbocycles. The van der Waals surface area contributed by atoms with Gasteiger partial charge in [0.1, 0.15) is 68.3 Å². The Bertz CT molecular complexity index is 5320. The Kier molecular flexibility index (Phi) is 30.3. The van der Waals surface area contributed by atoms with Crippen LogP contribution in [0.4, 0.5) is 18.9 Å². The van der Waals surface area contributed by atoms with E-state index in [0.29, 0.717) is 56.4 Å². The van der Waals surface area contributed by atoms with E-state index >= 15 is 4.39 Å². The highest BCUT2D eigenvalue weighted by molar-refractivity contribution is 7.89. The summed E-state index contributed by atoms with van der Waals surface area (Å²) in [5, 5.41) is 28.1. The maximum Gasteiger partial charge on any atom is 0.310 e. The molecule has 0 saturated carbocycles. The molecule has 0 aliphatic carbocycles. The van der Waals surface area contributed by atoms with Crippen LogP contribution in [0.15, 0.2) is 180 Å². The molecule has 0 unspecified atom stereocenters. The molecule has 0 saturated heterocycles. The van der Waals surface area contributed by atoms with Gasteiger partial charge in [-0.25, -0.2) is 40.4 Å². The first-order chi connectivity index (χ1) is 55.1. The summed E-state index contributed by atoms with van der Waals surface area (Å²) in [4.78, 5) is 36.7. The van der Waals surface area contributed by atoms with Crippen molar-refractivity contribution in [2.24, 2.45) is 0 Å². The zero-order chi connectivity index (χ0) is 86.1. The summed E-state index contributed by atoms with van der Waals surface area (Å²) in [6.07, 6.45) is 8.01. The molecular formula is C88H101F3N10O14S2. The third-order valence-corrected chi connectivity index (χ3v) is 21.9. The Morgan fingerprint density at radius 2 is 0.906 bits per heavy atom. The minimum absolute atomic E-state index is 0.00537. The molecule has 0 bridgehead atoms. The molecule has 117 heavy (non-hydrogen) atoms. The summed E-state index contributed by atoms with van der Waals surface area (Å²) in [6, 6.07) is 39.9. The Morgan fingerprint density at radius 3 is 1.26 bits per heavy atom. The molecule has 0 aliphatic rings. The van der Waals surface area contributed by atoms with Gasteiger partial charge in [-0.15, -0.1) is 0 Å². The molecule has 10 rings (SSSR count). The zero-order valence-electron chi connectivity index (χ0n) is 69.2. The van der Waals surface area contributed by atoms with Crippen LogP contribution in [0.25, 0.3) is 27.1 Å². The minimum atomic E-state index is -4.06. The highest BCUT2D eigenvalue weighted by atomic mass is 32.2. The van der Waals surface area contributed by atoms with Crippen LogP contribution >= 0.6 is 0 Å². The third kappa shape index (κ3) is 24.1. The second-order valence-electron chi connectivity index (χ2n) is 31.4. The number of pyridine rings is 2. The lowest BCUT2D eigenvalue weighted by atomic mass is 9.86. The molecular weight excluding hydrogens is 1540 g/mol. The second kappa shape index (κ2) is 39.0. The van der Waals surface area contributed by atoms with Crippen molar-refractivity contribution in [2.75, 3.05) is 41.7 Å². The lowest BCUT2D eigenvalue weighted by Crippen LogP contribution is -2.34. The van der Waals surface area contributed by atoms with Crippen molar-refractivity contribution in [3.05, 3.63) is 250 Å². The van der Waals surface area contributed by atoms with Gasteiger partial charge in [0.05, 0.1) is 83.5 Å². The highest BCUT2D eigenvalue weighted by Crippen LogP contribution is 2.41. The summed E-state index contributed by atoms with van der Waals surface area (Å²) in [5.41, 5.74) is 3.09. The molecule has 0 fully saturated rings. The van der Waals surface area contributed by atoms with Gasteiger partial charge in [-0.3, -0.25) is 19.0 Å². The number of hydrogen-bond acceptors (Lipinski definition) is 19. The van der Waals surface area contributed by atoms with Crippen LogP contribution in [0.2, 0.25) is 0 Å². The van der Waals surface area contributed by atoms with Crippen molar-refractivity contribution in [1.82, 2.24) is 38.1 Å². The number of aliphatic hydroxyl groups is 1. The standard InChI is InChI=1S/C44H50FN5O7S.C23H29N3O5S.C21H22F2N2O2/c1-29(2)41-38(22-40(51)57-43(3,4)5)37(20-33(23-46)42(41)45)32-18-19-47-39(21-32)56-28-44(6,7)50-27-36(24-48-50)58(52,53)49(25-30-10-14-34(54-8)15-11-30)26-31-12-16-35(55-9)17-13-31;1-23(2,17-27)26-16-22(13-24-26)32(28,29)25(14-18-5-9-20(30-3)10-6-18)15-19-7-11-21(31-4)12-8-19;1-12(2)19-15(11-18(26)27-21(3,4)5)14(10-16(24-6)20(19)23)13-7-8-25-17(22)9-13/h10-21,24,27,29H,22,25-26,28H2,1-9H3;5-13,16,27H,14-15,17H2,1-4H3;7-10,12H,11H2,1-5H3. The van der Waals surface area contributed by atoms with Gasteiger partial charge in [-0.05, 0) is 221 Å². The van der Waals surface area contributed by atoms with Gasteiger partial charge in [-0.1, -0.05) is 76.2 Å². The Labute approximate surface area is 683 Å². The van der Waals surface area contributed by atoms with E-state index in [2.05, 4.69) is 25.0 Å². The van der Waals surface area contributed by atoms with E-state index in [-0.39, 0.29) is 102 Å². The largest absolute Gasteiger partial charge is 0.497 e. The fourth-order valence-electron chi connectivity index (χ4n) is 12.4. The number of halogens is 3. The van der Waals surface area contributed by atoms with Gasteiger partial charge in [0, 0.05) is 63.1 Å². The molecule has 4 heterocycles. The van der Waals surface area contributed by atoms with E-state index in [1.807, 2.05) is 68.4 Å². The number of benzene rings is 6. The smallest absolute Gasteiger partial charge is 0.310 e. The molecule has 29 heteroatoms. The molecule has 0 aliphatic heterocycles. The normalized spacial score (nSPS) is 11.9. The Balaban J connectivity index is 0.000000243. The first-order valence-electron chi connectivity index (χ1n) is 37.4. The van der Waals surface area contributed by atoms with Crippen molar-refractivity contribution in [3.63, 3.8) is 0 Å². The lowest BCUT2D eigenvalue weighted by molar-refractivity contribution is -0.155. The van der Waals surface area contributed by atoms with E-state index in [0.717, 1.165) is 22.3 Å². The summed E-state index contributed by atoms with van der Waals surface area (Å²) < 4.78 is 144. The van der Waals surface area contributed by atoms with Crippen molar-refractivity contribution in [1.29, 1.82) is 5.26 Å². The van der Waals surface area contributed by atoms with Crippen LogP contribution in [-0.2, 0) is 89.2 Å². The number of ether oxygens (including phenoxy) is 7. The number of esters is 2. The topological polar surface area (TPSA) is 283 Å². The van der Waals surface area contributed by atoms with Crippen LogP contribution in [0.1, 0.15) is 159 Å². The number of carbonyl (C=O) groups is 2. The first-order valence-corrected chi connectivity index (χ1v) is 40.3. The van der Waals surface area contributed by atoms with Crippen LogP contribution in [-0.4, -0.2) is 125 Å². The summed E-state index contributed by atoms with van der Waals surface area (Å²) in [6.45, 7) is 32.6. The van der Waals surface area contributed by atoms with Crippen molar-refractivity contribution in [3.8, 4) is 57.2 Å². The molecule has 620 valence electrons. The van der Waals surface area contributed by atoms with Gasteiger partial charge < -0.3 is 38.3 Å². The van der Waals surface area contributed by atoms with E-state index in [1.54, 1.807) is 178 Å². The highest BCUT2D eigenvalue weighted by Gasteiger charge is 2.34. The Hall–Kier alpha value is -11.5. The average Bonchev–Trinajstić information content (AvgIpc) is 1.71. The average molecular weight is 1640 g/mol. The third-order valence-electron chi connectivity index (χ3n) is 18.4. The molecule has 1 N–H and O–H groups in total. The molecule has 4 aromatic heterocycles. The molecule has 0 radical (unpaired) electrons. The molecule has 24 nitrogen and oxygen atoms in total. The lowest BCUT2D eigenvalue weighted by Gasteiger charge is -2.26. The van der Waals surface area contributed by atoms with E-state index in [1.165, 1.54) is 73.4 Å². The van der Waals surface area contributed by atoms with Crippen LogP contribution in [0.3, 0.4) is 0 Å². The maximum atomic E-state index is 15.7. The maximum absolute atomic E-state index is 15.7. The Morgan fingerprint density at radius 1 is 0.538 bits per heavy atom. The molecule has 0 atom stereocenters. The van der Waals surface area contributed by atoms with E-state index in [4.69, 9.17) is 39.7 Å². The number of carbonyl (C=O) groups excluding carboxylic acids is 2. The van der Waals surface area contributed by atoms with Gasteiger partial charge in [0.25, 0.3) is 0 Å². The predicted octanol–water partition coefficient (Wildman–Crippen LogP) is 16.8. The summed E-state index contributed by atoms with van der Waals surface area (Å²) in [7, 11) is -1.62. The number of methoxy groups -OCH3 is 4. The monoisotopic (exact) mass is 1640 g/mol. The number of nitriles is 1. The number of rotatable bonds is 30. The first kappa shape index (κ1) is 91.1.